The average Bonchev–Trinajstić information content (AvgIpc) is 2.98. The third-order valence-corrected chi connectivity index (χ3v) is 5.50. The number of carbonyl (C=O) groups is 1. The highest BCUT2D eigenvalue weighted by molar-refractivity contribution is 5.94. The number of nitrogens with zero attached hydrogens (tertiary/aromatic N) is 1. The van der Waals surface area contributed by atoms with Gasteiger partial charge in [-0.25, -0.2) is 0 Å². The van der Waals surface area contributed by atoms with E-state index in [0.717, 1.165) is 31.2 Å². The Balaban J connectivity index is 1.80. The van der Waals surface area contributed by atoms with Crippen LogP contribution in [0, 0.1) is 0 Å². The van der Waals surface area contributed by atoms with E-state index in [-0.39, 0.29) is 35.6 Å². The van der Waals surface area contributed by atoms with Crippen molar-refractivity contribution in [2.75, 3.05) is 12.4 Å². The van der Waals surface area contributed by atoms with Crippen molar-refractivity contribution < 1.29 is 14.6 Å². The number of ether oxygens (including phenoxy) is 1. The lowest BCUT2D eigenvalue weighted by Gasteiger charge is -2.28. The Hall–Kier alpha value is -2.70. The molecule has 2 aliphatic rings. The fourth-order valence-electron chi connectivity index (χ4n) is 4.19. The highest BCUT2D eigenvalue weighted by Gasteiger charge is 2.34. The topological polar surface area (TPSA) is 96.4 Å². The maximum Gasteiger partial charge on any atom is 0.270 e. The van der Waals surface area contributed by atoms with Gasteiger partial charge in [-0.2, -0.15) is 0 Å². The normalized spacial score (nSPS) is 20.5. The molecule has 1 aliphatic carbocycles. The van der Waals surface area contributed by atoms with Crippen molar-refractivity contribution in [3.8, 4) is 11.5 Å². The second-order valence-electron chi connectivity index (χ2n) is 7.10. The number of hydrogen-bond acceptors (Lipinski definition) is 4. The minimum atomic E-state index is -0.359. The Morgan fingerprint density at radius 1 is 1.19 bits per heavy atom. The van der Waals surface area contributed by atoms with E-state index in [2.05, 4.69) is 10.4 Å². The molecule has 2 aromatic rings. The first-order valence-corrected chi connectivity index (χ1v) is 9.09. The number of nitrogens with one attached hydrogen (secondary N) is 2. The maximum absolute atomic E-state index is 12.7. The van der Waals surface area contributed by atoms with Crippen molar-refractivity contribution in [2.24, 2.45) is 0 Å². The standard InChI is InChI=1S/C19H23N3O4/c1-26-15-9-11(7-8-14(15)23)13-10-16(24)20-18-17(13)19(25)21-22(18)12-5-3-2-4-6-12/h7-9,12-13,23H,2-6,10H2,1H3,(H,20,24)(H,21,25). The predicted molar refractivity (Wildman–Crippen MR) is 96.9 cm³/mol. The largest absolute Gasteiger partial charge is 0.504 e. The molecule has 2 heterocycles. The number of carbonyl (C=O) groups excluding carboxylic acids is 1. The molecular formula is C19H23N3O4. The molecule has 1 aromatic carbocycles. The summed E-state index contributed by atoms with van der Waals surface area (Å²) >= 11 is 0. The zero-order valence-corrected chi connectivity index (χ0v) is 14.7. The van der Waals surface area contributed by atoms with Crippen LogP contribution in [0.5, 0.6) is 11.5 Å². The van der Waals surface area contributed by atoms with Crippen LogP contribution in [0.4, 0.5) is 5.82 Å². The fraction of sp³-hybridized carbons (Fsp3) is 0.474. The summed E-state index contributed by atoms with van der Waals surface area (Å²) in [4.78, 5) is 25.1. The molecule has 1 amide bonds. The second kappa shape index (κ2) is 6.55. The fourth-order valence-corrected chi connectivity index (χ4v) is 4.19. The molecule has 4 rings (SSSR count). The van der Waals surface area contributed by atoms with Crippen LogP contribution >= 0.6 is 0 Å². The first-order valence-electron chi connectivity index (χ1n) is 9.09. The van der Waals surface area contributed by atoms with E-state index >= 15 is 0 Å². The Morgan fingerprint density at radius 3 is 2.69 bits per heavy atom. The van der Waals surface area contributed by atoms with E-state index in [4.69, 9.17) is 4.74 Å². The zero-order chi connectivity index (χ0) is 18.3. The minimum Gasteiger partial charge on any atom is -0.504 e. The van der Waals surface area contributed by atoms with E-state index in [0.29, 0.717) is 17.1 Å². The number of hydrogen-bond donors (Lipinski definition) is 3. The highest BCUT2D eigenvalue weighted by atomic mass is 16.5. The van der Waals surface area contributed by atoms with Gasteiger partial charge in [0.15, 0.2) is 11.5 Å². The van der Waals surface area contributed by atoms with Crippen molar-refractivity contribution in [2.45, 2.75) is 50.5 Å². The van der Waals surface area contributed by atoms with Crippen LogP contribution in [0.15, 0.2) is 23.0 Å². The zero-order valence-electron chi connectivity index (χ0n) is 14.7. The van der Waals surface area contributed by atoms with Gasteiger partial charge in [-0.1, -0.05) is 25.3 Å². The molecular weight excluding hydrogens is 334 g/mol. The Bertz CT molecular complexity index is 893. The van der Waals surface area contributed by atoms with Gasteiger partial charge in [-0.15, -0.1) is 0 Å². The number of methoxy groups -OCH3 is 1. The summed E-state index contributed by atoms with van der Waals surface area (Å²) in [5.41, 5.74) is 1.20. The molecule has 7 heteroatoms. The second-order valence-corrected chi connectivity index (χ2v) is 7.10. The molecule has 138 valence electrons. The Kier molecular flexibility index (Phi) is 4.22. The molecule has 7 nitrogen and oxygen atoms in total. The number of aromatic amines is 1. The van der Waals surface area contributed by atoms with Crippen molar-refractivity contribution in [1.29, 1.82) is 0 Å². The summed E-state index contributed by atoms with van der Waals surface area (Å²) in [6.07, 6.45) is 5.68. The van der Waals surface area contributed by atoms with Crippen LogP contribution < -0.4 is 15.6 Å². The lowest BCUT2D eigenvalue weighted by molar-refractivity contribution is -0.116. The number of amides is 1. The Labute approximate surface area is 151 Å². The molecule has 0 spiro atoms. The summed E-state index contributed by atoms with van der Waals surface area (Å²) in [5.74, 6) is 0.485. The minimum absolute atomic E-state index is 0.0328. The molecule has 1 unspecified atom stereocenters. The van der Waals surface area contributed by atoms with Gasteiger partial charge in [0, 0.05) is 12.3 Å². The summed E-state index contributed by atoms with van der Waals surface area (Å²) in [7, 11) is 1.48. The van der Waals surface area contributed by atoms with E-state index in [1.807, 2.05) is 4.68 Å². The smallest absolute Gasteiger partial charge is 0.270 e. The molecule has 26 heavy (non-hydrogen) atoms. The third-order valence-electron chi connectivity index (χ3n) is 5.50. The number of phenolic OH excluding ortho intramolecular Hbond substituents is 1. The highest BCUT2D eigenvalue weighted by Crippen LogP contribution is 2.40. The van der Waals surface area contributed by atoms with Gasteiger partial charge in [0.05, 0.1) is 18.7 Å². The van der Waals surface area contributed by atoms with Gasteiger partial charge in [-0.3, -0.25) is 19.4 Å². The lowest BCUT2D eigenvalue weighted by atomic mass is 9.86. The first kappa shape index (κ1) is 16.8. The molecule has 0 radical (unpaired) electrons. The SMILES string of the molecule is COc1cc(C2CC(=O)Nc3c2c(=O)[nH]n3C2CCCCC2)ccc1O. The van der Waals surface area contributed by atoms with E-state index in [1.165, 1.54) is 19.6 Å². The van der Waals surface area contributed by atoms with Crippen LogP contribution in [0.3, 0.4) is 0 Å². The van der Waals surface area contributed by atoms with Gasteiger partial charge in [-0.05, 0) is 30.5 Å². The van der Waals surface area contributed by atoms with Crippen LogP contribution in [0.25, 0.3) is 0 Å². The van der Waals surface area contributed by atoms with Gasteiger partial charge in [0.25, 0.3) is 5.56 Å². The number of aromatic nitrogens is 2. The third kappa shape index (κ3) is 2.77. The number of fused-ring (bicyclic) bond motifs is 1. The van der Waals surface area contributed by atoms with E-state index < -0.39 is 0 Å². The molecule has 1 atom stereocenters. The number of aromatic hydroxyl groups is 1. The number of H-pyrrole nitrogens is 1. The van der Waals surface area contributed by atoms with Crippen molar-refractivity contribution in [1.82, 2.24) is 9.78 Å². The lowest BCUT2D eigenvalue weighted by Crippen LogP contribution is -2.27. The first-order chi connectivity index (χ1) is 12.6. The number of phenols is 1. The van der Waals surface area contributed by atoms with Crippen molar-refractivity contribution in [3.05, 3.63) is 39.7 Å². The van der Waals surface area contributed by atoms with Crippen molar-refractivity contribution in [3.63, 3.8) is 0 Å². The molecule has 1 aromatic heterocycles. The average molecular weight is 357 g/mol. The maximum atomic E-state index is 12.7. The molecule has 1 fully saturated rings. The molecule has 1 saturated carbocycles. The number of rotatable bonds is 3. The molecule has 0 saturated heterocycles. The summed E-state index contributed by atoms with van der Waals surface area (Å²) in [6, 6.07) is 5.18. The Morgan fingerprint density at radius 2 is 1.96 bits per heavy atom. The van der Waals surface area contributed by atoms with Crippen molar-refractivity contribution >= 4 is 11.7 Å². The monoisotopic (exact) mass is 357 g/mol. The predicted octanol–water partition coefficient (Wildman–Crippen LogP) is 2.87. The molecule has 0 bridgehead atoms. The summed E-state index contributed by atoms with van der Waals surface area (Å²) < 4.78 is 7.04. The van der Waals surface area contributed by atoms with Crippen LogP contribution in [-0.2, 0) is 4.79 Å². The van der Waals surface area contributed by atoms with Gasteiger partial charge in [0.2, 0.25) is 5.91 Å². The van der Waals surface area contributed by atoms with E-state index in [1.54, 1.807) is 12.1 Å². The number of benzene rings is 1. The van der Waals surface area contributed by atoms with Gasteiger partial charge < -0.3 is 15.2 Å². The van der Waals surface area contributed by atoms with Gasteiger partial charge in [0.1, 0.15) is 5.82 Å². The summed E-state index contributed by atoms with van der Waals surface area (Å²) in [6.45, 7) is 0. The van der Waals surface area contributed by atoms with Crippen LogP contribution in [0.1, 0.15) is 61.6 Å². The van der Waals surface area contributed by atoms with Crippen LogP contribution in [0.2, 0.25) is 0 Å². The van der Waals surface area contributed by atoms with E-state index in [9.17, 15) is 14.7 Å². The van der Waals surface area contributed by atoms with Crippen LogP contribution in [-0.4, -0.2) is 27.9 Å². The summed E-state index contributed by atoms with van der Waals surface area (Å²) in [5, 5.41) is 15.7. The number of anilines is 1. The molecule has 1 aliphatic heterocycles. The quantitative estimate of drug-likeness (QED) is 0.787. The molecule has 3 N–H and O–H groups in total. The van der Waals surface area contributed by atoms with Gasteiger partial charge >= 0.3 is 0 Å².